The predicted molar refractivity (Wildman–Crippen MR) is 171 cm³/mol. The maximum Gasteiger partial charge on any atom is 0.323 e. The zero-order valence-electron chi connectivity index (χ0n) is 23.9. The van der Waals surface area contributed by atoms with Crippen molar-refractivity contribution in [3.05, 3.63) is 73.2 Å². The van der Waals surface area contributed by atoms with E-state index in [2.05, 4.69) is 25.8 Å². The number of fused-ring (bicyclic) bond motifs is 3. The number of nitrogens with zero attached hydrogens (tertiary/aromatic N) is 5. The lowest BCUT2D eigenvalue weighted by Gasteiger charge is -2.29. The molecule has 5 heterocycles. The molecule has 0 aliphatic carbocycles. The summed E-state index contributed by atoms with van der Waals surface area (Å²) in [4.78, 5) is 28.6. The third-order valence-corrected chi connectivity index (χ3v) is 10.3. The summed E-state index contributed by atoms with van der Waals surface area (Å²) in [5.74, 6) is 1.29. The Balaban J connectivity index is 1.26. The monoisotopic (exact) mass is 612 g/mol. The van der Waals surface area contributed by atoms with Gasteiger partial charge in [0.05, 0.1) is 29.5 Å². The maximum atomic E-state index is 13.7. The SMILES string of the molecule is O=C(Nc1ccncc1)Nc1ccc(-c2nc(N3CCOCC3)c3ccc4c(ccn4S(=O)(=O)C4CCNCC4)c3n2)cc1. The molecule has 2 amide bonds. The lowest BCUT2D eigenvalue weighted by atomic mass is 10.1. The van der Waals surface area contributed by atoms with Crippen LogP contribution in [-0.2, 0) is 14.8 Å². The molecule has 0 unspecified atom stereocenters. The summed E-state index contributed by atoms with van der Waals surface area (Å²) in [6, 6.07) is 16.0. The Morgan fingerprint density at radius 1 is 0.864 bits per heavy atom. The average Bonchev–Trinajstić information content (AvgIpc) is 3.52. The van der Waals surface area contributed by atoms with Gasteiger partial charge in [-0.3, -0.25) is 4.98 Å². The van der Waals surface area contributed by atoms with Crippen molar-refractivity contribution >= 4 is 55.1 Å². The summed E-state index contributed by atoms with van der Waals surface area (Å²) in [6.07, 6.45) is 6.03. The second-order valence-corrected chi connectivity index (χ2v) is 13.0. The molecule has 2 aliphatic heterocycles. The highest BCUT2D eigenvalue weighted by Gasteiger charge is 2.30. The summed E-state index contributed by atoms with van der Waals surface area (Å²) < 4.78 is 34.3. The summed E-state index contributed by atoms with van der Waals surface area (Å²) in [5.41, 5.74) is 3.30. The van der Waals surface area contributed by atoms with E-state index in [9.17, 15) is 13.2 Å². The molecule has 0 bridgehead atoms. The number of benzene rings is 2. The molecule has 3 aromatic heterocycles. The quantitative estimate of drug-likeness (QED) is 0.259. The van der Waals surface area contributed by atoms with Crippen molar-refractivity contribution in [3.63, 3.8) is 0 Å². The Labute approximate surface area is 254 Å². The number of carbonyl (C=O) groups is 1. The van der Waals surface area contributed by atoms with E-state index in [4.69, 9.17) is 14.7 Å². The number of anilines is 3. The molecule has 0 saturated carbocycles. The van der Waals surface area contributed by atoms with Crippen LogP contribution < -0.4 is 20.9 Å². The van der Waals surface area contributed by atoms with Crippen LogP contribution in [0.5, 0.6) is 0 Å². The maximum absolute atomic E-state index is 13.7. The van der Waals surface area contributed by atoms with Crippen molar-refractivity contribution in [1.29, 1.82) is 0 Å². The van der Waals surface area contributed by atoms with Crippen molar-refractivity contribution in [3.8, 4) is 11.4 Å². The number of hydrogen-bond acceptors (Lipinski definition) is 9. The summed E-state index contributed by atoms with van der Waals surface area (Å²) in [5, 5.41) is 10.0. The first-order valence-electron chi connectivity index (χ1n) is 14.7. The zero-order chi connectivity index (χ0) is 30.1. The fourth-order valence-electron chi connectivity index (χ4n) is 5.82. The van der Waals surface area contributed by atoms with Gasteiger partial charge < -0.3 is 25.6 Å². The van der Waals surface area contributed by atoms with E-state index in [1.165, 1.54) is 3.97 Å². The Kier molecular flexibility index (Phi) is 7.58. The standard InChI is InChI=1S/C31H32N8O4S/c40-31(35-23-7-12-32-13-8-23)34-22-3-1-21(2-4-22)29-36-28-25-11-16-39(44(41,42)24-9-14-33-15-10-24)27(25)6-5-26(28)30(37-29)38-17-19-43-20-18-38/h1-8,11-13,16,24,33H,9-10,14-15,17-20H2,(H2,32,34,35,40). The van der Waals surface area contributed by atoms with E-state index in [1.54, 1.807) is 42.9 Å². The van der Waals surface area contributed by atoms with E-state index in [0.717, 1.165) is 22.2 Å². The Bertz CT molecular complexity index is 1920. The van der Waals surface area contributed by atoms with Crippen molar-refractivity contribution in [1.82, 2.24) is 24.2 Å². The van der Waals surface area contributed by atoms with Gasteiger partial charge >= 0.3 is 6.03 Å². The van der Waals surface area contributed by atoms with E-state index < -0.39 is 15.3 Å². The molecular weight excluding hydrogens is 580 g/mol. The Morgan fingerprint density at radius 2 is 1.57 bits per heavy atom. The fraction of sp³-hybridized carbons (Fsp3) is 0.290. The second kappa shape index (κ2) is 11.8. The van der Waals surface area contributed by atoms with Gasteiger partial charge in [-0.1, -0.05) is 0 Å². The normalized spacial score (nSPS) is 16.3. The minimum absolute atomic E-state index is 0.369. The largest absolute Gasteiger partial charge is 0.378 e. The molecule has 2 aromatic carbocycles. The van der Waals surface area contributed by atoms with Gasteiger partial charge in [-0.2, -0.15) is 0 Å². The number of hydrogen-bond donors (Lipinski definition) is 3. The minimum atomic E-state index is -3.58. The third kappa shape index (κ3) is 5.45. The Morgan fingerprint density at radius 3 is 2.30 bits per heavy atom. The van der Waals surface area contributed by atoms with E-state index >= 15 is 0 Å². The predicted octanol–water partition coefficient (Wildman–Crippen LogP) is 4.06. The molecule has 2 fully saturated rings. The number of ether oxygens (including phenoxy) is 1. The number of amides is 2. The van der Waals surface area contributed by atoms with Gasteiger partial charge in [-0.15, -0.1) is 0 Å². The summed E-state index contributed by atoms with van der Waals surface area (Å²) >= 11 is 0. The van der Waals surface area contributed by atoms with Gasteiger partial charge in [-0.05, 0) is 80.5 Å². The number of aromatic nitrogens is 4. The minimum Gasteiger partial charge on any atom is -0.378 e. The Hall–Kier alpha value is -4.59. The van der Waals surface area contributed by atoms with Gasteiger partial charge in [0.15, 0.2) is 5.82 Å². The van der Waals surface area contributed by atoms with Gasteiger partial charge in [0.1, 0.15) is 5.82 Å². The van der Waals surface area contributed by atoms with Crippen LogP contribution in [0, 0.1) is 0 Å². The van der Waals surface area contributed by atoms with Gasteiger partial charge in [0.25, 0.3) is 0 Å². The summed E-state index contributed by atoms with van der Waals surface area (Å²) in [6.45, 7) is 3.94. The van der Waals surface area contributed by atoms with Crippen LogP contribution in [-0.4, -0.2) is 78.0 Å². The number of pyridine rings is 1. The van der Waals surface area contributed by atoms with Crippen LogP contribution in [0.4, 0.5) is 22.0 Å². The number of urea groups is 1. The number of piperidine rings is 1. The first kappa shape index (κ1) is 28.2. The van der Waals surface area contributed by atoms with Crippen LogP contribution in [0.1, 0.15) is 12.8 Å². The highest BCUT2D eigenvalue weighted by molar-refractivity contribution is 7.90. The average molecular weight is 613 g/mol. The van der Waals surface area contributed by atoms with E-state index in [0.29, 0.717) is 80.5 Å². The first-order valence-corrected chi connectivity index (χ1v) is 16.2. The number of morpholine rings is 1. The molecule has 3 N–H and O–H groups in total. The highest BCUT2D eigenvalue weighted by Crippen LogP contribution is 2.34. The van der Waals surface area contributed by atoms with Crippen molar-refractivity contribution in [2.45, 2.75) is 18.1 Å². The van der Waals surface area contributed by atoms with Crippen LogP contribution in [0.2, 0.25) is 0 Å². The number of carbonyl (C=O) groups excluding carboxylic acids is 1. The molecule has 13 heteroatoms. The van der Waals surface area contributed by atoms with Crippen molar-refractivity contribution < 1.29 is 17.9 Å². The molecule has 2 aliphatic rings. The molecule has 7 rings (SSSR count). The van der Waals surface area contributed by atoms with E-state index in [1.807, 2.05) is 30.3 Å². The van der Waals surface area contributed by atoms with Crippen LogP contribution in [0.15, 0.2) is 73.2 Å². The molecule has 44 heavy (non-hydrogen) atoms. The molecular formula is C31H32N8O4S. The molecule has 5 aromatic rings. The number of rotatable bonds is 6. The first-order chi connectivity index (χ1) is 21.5. The van der Waals surface area contributed by atoms with Gasteiger partial charge in [0.2, 0.25) is 10.0 Å². The smallest absolute Gasteiger partial charge is 0.323 e. The molecule has 0 atom stereocenters. The highest BCUT2D eigenvalue weighted by atomic mass is 32.2. The van der Waals surface area contributed by atoms with Crippen molar-refractivity contribution in [2.24, 2.45) is 0 Å². The summed E-state index contributed by atoms with van der Waals surface area (Å²) in [7, 11) is -3.58. The van der Waals surface area contributed by atoms with Crippen LogP contribution in [0.3, 0.4) is 0 Å². The fourth-order valence-corrected chi connectivity index (χ4v) is 7.64. The lowest BCUT2D eigenvalue weighted by molar-refractivity contribution is 0.122. The third-order valence-electron chi connectivity index (χ3n) is 8.11. The van der Waals surface area contributed by atoms with Crippen LogP contribution in [0.25, 0.3) is 33.2 Å². The topological polar surface area (TPSA) is 143 Å². The van der Waals surface area contributed by atoms with Crippen molar-refractivity contribution in [2.75, 3.05) is 54.9 Å². The molecule has 0 spiro atoms. The molecule has 226 valence electrons. The molecule has 12 nitrogen and oxygen atoms in total. The van der Waals surface area contributed by atoms with Crippen LogP contribution >= 0.6 is 0 Å². The lowest BCUT2D eigenvalue weighted by Crippen LogP contribution is -2.38. The molecule has 2 saturated heterocycles. The second-order valence-electron chi connectivity index (χ2n) is 10.9. The molecule has 0 radical (unpaired) electrons. The van der Waals surface area contributed by atoms with Gasteiger partial charge in [-0.25, -0.2) is 27.2 Å². The number of nitrogens with one attached hydrogen (secondary N) is 3. The van der Waals surface area contributed by atoms with E-state index in [-0.39, 0.29) is 6.03 Å². The zero-order valence-corrected chi connectivity index (χ0v) is 24.8. The van der Waals surface area contributed by atoms with Gasteiger partial charge in [0, 0.05) is 59.4 Å².